The van der Waals surface area contributed by atoms with Gasteiger partial charge in [0, 0.05) is 17.8 Å². The minimum atomic E-state index is -5.53. The minimum absolute atomic E-state index is 0.0217. The third-order valence-electron chi connectivity index (χ3n) is 5.28. The summed E-state index contributed by atoms with van der Waals surface area (Å²) in [5.74, 6) is -0.574. The van der Waals surface area contributed by atoms with E-state index in [1.165, 1.54) is 4.90 Å². The highest BCUT2D eigenvalue weighted by molar-refractivity contribution is 7.92. The first-order valence-corrected chi connectivity index (χ1v) is 10.9. The van der Waals surface area contributed by atoms with E-state index in [0.29, 0.717) is 0 Å². The number of imide groups is 1. The fourth-order valence-electron chi connectivity index (χ4n) is 3.55. The lowest BCUT2D eigenvalue weighted by Gasteiger charge is -2.20. The molecule has 1 saturated heterocycles. The Morgan fingerprint density at radius 1 is 1.00 bits per heavy atom. The average Bonchev–Trinajstić information content (AvgIpc) is 2.96. The van der Waals surface area contributed by atoms with Gasteiger partial charge in [0.15, 0.2) is 0 Å². The van der Waals surface area contributed by atoms with Crippen LogP contribution >= 0.6 is 0 Å². The van der Waals surface area contributed by atoms with Crippen LogP contribution in [0, 0.1) is 0 Å². The number of sulfone groups is 1. The number of aromatic nitrogens is 1. The number of urea groups is 1. The number of alkyl halides is 3. The summed E-state index contributed by atoms with van der Waals surface area (Å²) in [7, 11) is -5.53. The Balaban J connectivity index is 1.63. The van der Waals surface area contributed by atoms with Crippen molar-refractivity contribution < 1.29 is 31.2 Å². The molecule has 32 heavy (non-hydrogen) atoms. The minimum Gasteiger partial charge on any atom is -0.308 e. The monoisotopic (exact) mass is 463 g/mol. The number of hydrogen-bond acceptors (Lipinski definition) is 5. The van der Waals surface area contributed by atoms with Gasteiger partial charge >= 0.3 is 11.5 Å². The second-order valence-corrected chi connectivity index (χ2v) is 9.16. The van der Waals surface area contributed by atoms with E-state index in [1.807, 2.05) is 24.3 Å². The molecule has 1 aliphatic rings. The molecule has 7 nitrogen and oxygen atoms in total. The number of anilines is 1. The SMILES string of the molecule is C[C@H]1C(=O)N(c2ccc(S(=O)(=O)C(F)(F)F)cc2)C(=O)N1Cc1cncc2ccccc12. The molecule has 0 spiro atoms. The Morgan fingerprint density at radius 2 is 1.66 bits per heavy atom. The predicted molar refractivity (Wildman–Crippen MR) is 109 cm³/mol. The van der Waals surface area contributed by atoms with Gasteiger partial charge in [-0.3, -0.25) is 9.78 Å². The Hall–Kier alpha value is -3.47. The van der Waals surface area contributed by atoms with Crippen LogP contribution < -0.4 is 4.90 Å². The van der Waals surface area contributed by atoms with Crippen LogP contribution in [0.3, 0.4) is 0 Å². The molecule has 2 heterocycles. The fraction of sp³-hybridized carbons (Fsp3) is 0.190. The highest BCUT2D eigenvalue weighted by Crippen LogP contribution is 2.33. The summed E-state index contributed by atoms with van der Waals surface area (Å²) in [6.45, 7) is 1.64. The van der Waals surface area contributed by atoms with E-state index in [2.05, 4.69) is 4.98 Å². The van der Waals surface area contributed by atoms with Gasteiger partial charge in [0.25, 0.3) is 15.7 Å². The van der Waals surface area contributed by atoms with Crippen LogP contribution in [0.2, 0.25) is 0 Å². The van der Waals surface area contributed by atoms with E-state index in [1.54, 1.807) is 19.3 Å². The zero-order valence-electron chi connectivity index (χ0n) is 16.6. The van der Waals surface area contributed by atoms with Gasteiger partial charge in [-0.15, -0.1) is 0 Å². The Labute approximate surface area is 181 Å². The Morgan fingerprint density at radius 3 is 2.31 bits per heavy atom. The summed E-state index contributed by atoms with van der Waals surface area (Å²) >= 11 is 0. The molecule has 11 heteroatoms. The van der Waals surface area contributed by atoms with E-state index in [-0.39, 0.29) is 12.2 Å². The molecule has 0 aliphatic carbocycles. The molecule has 1 fully saturated rings. The first-order chi connectivity index (χ1) is 15.0. The van der Waals surface area contributed by atoms with E-state index < -0.39 is 38.2 Å². The molecular formula is C21H16F3N3O4S. The van der Waals surface area contributed by atoms with Gasteiger partial charge in [0.05, 0.1) is 17.1 Å². The van der Waals surface area contributed by atoms with E-state index >= 15 is 0 Å². The van der Waals surface area contributed by atoms with Crippen molar-refractivity contribution in [2.45, 2.75) is 29.9 Å². The number of nitrogens with zero attached hydrogens (tertiary/aromatic N) is 3. The summed E-state index contributed by atoms with van der Waals surface area (Å²) in [4.78, 5) is 31.1. The Kier molecular flexibility index (Phi) is 5.16. The molecule has 0 unspecified atom stereocenters. The summed E-state index contributed by atoms with van der Waals surface area (Å²) in [5.41, 5.74) is -4.75. The van der Waals surface area contributed by atoms with Crippen molar-refractivity contribution in [3.63, 3.8) is 0 Å². The van der Waals surface area contributed by atoms with Gasteiger partial charge in [-0.1, -0.05) is 24.3 Å². The maximum absolute atomic E-state index is 13.0. The third-order valence-corrected chi connectivity index (χ3v) is 6.79. The molecule has 0 saturated carbocycles. The summed E-state index contributed by atoms with van der Waals surface area (Å²) in [5, 5.41) is 1.74. The standard InChI is InChI=1S/C21H16F3N3O4S/c1-13-19(28)27(16-6-8-17(9-7-16)32(30,31)21(22,23)24)20(29)26(13)12-15-11-25-10-14-4-2-3-5-18(14)15/h2-11,13H,12H2,1H3/t13-/m0/s1. The zero-order valence-corrected chi connectivity index (χ0v) is 17.4. The molecule has 0 radical (unpaired) electrons. The molecule has 1 aliphatic heterocycles. The van der Waals surface area contributed by atoms with E-state index in [9.17, 15) is 31.2 Å². The van der Waals surface area contributed by atoms with E-state index in [0.717, 1.165) is 45.5 Å². The average molecular weight is 463 g/mol. The highest BCUT2D eigenvalue weighted by Gasteiger charge is 2.47. The molecule has 166 valence electrons. The summed E-state index contributed by atoms with van der Waals surface area (Å²) in [6, 6.07) is 9.39. The van der Waals surface area contributed by atoms with Crippen molar-refractivity contribution in [2.24, 2.45) is 0 Å². The van der Waals surface area contributed by atoms with Gasteiger partial charge in [0.2, 0.25) is 0 Å². The molecule has 3 aromatic rings. The lowest BCUT2D eigenvalue weighted by Crippen LogP contribution is -2.33. The lowest BCUT2D eigenvalue weighted by molar-refractivity contribution is -0.119. The second-order valence-electron chi connectivity index (χ2n) is 7.22. The summed E-state index contributed by atoms with van der Waals surface area (Å²) in [6.07, 6.45) is 3.29. The smallest absolute Gasteiger partial charge is 0.308 e. The predicted octanol–water partition coefficient (Wildman–Crippen LogP) is 3.89. The molecule has 4 rings (SSSR count). The van der Waals surface area contributed by atoms with Crippen LogP contribution in [0.15, 0.2) is 65.8 Å². The van der Waals surface area contributed by atoms with Crippen molar-refractivity contribution in [1.29, 1.82) is 0 Å². The van der Waals surface area contributed by atoms with Gasteiger partial charge in [-0.25, -0.2) is 18.1 Å². The molecule has 2 aromatic carbocycles. The van der Waals surface area contributed by atoms with Crippen molar-refractivity contribution in [2.75, 3.05) is 4.90 Å². The maximum Gasteiger partial charge on any atom is 0.501 e. The largest absolute Gasteiger partial charge is 0.501 e. The first-order valence-electron chi connectivity index (χ1n) is 9.40. The topological polar surface area (TPSA) is 87.7 Å². The number of hydrogen-bond donors (Lipinski definition) is 0. The quantitative estimate of drug-likeness (QED) is 0.548. The summed E-state index contributed by atoms with van der Waals surface area (Å²) < 4.78 is 61.3. The number of benzene rings is 2. The van der Waals surface area contributed by atoms with Crippen LogP contribution in [-0.4, -0.2) is 41.8 Å². The van der Waals surface area contributed by atoms with Gasteiger partial charge in [-0.2, -0.15) is 13.2 Å². The van der Waals surface area contributed by atoms with Gasteiger partial charge < -0.3 is 4.90 Å². The van der Waals surface area contributed by atoms with Crippen molar-refractivity contribution in [3.8, 4) is 0 Å². The number of rotatable bonds is 4. The van der Waals surface area contributed by atoms with Gasteiger partial charge in [-0.05, 0) is 42.1 Å². The number of pyridine rings is 1. The molecule has 1 atom stereocenters. The number of fused-ring (bicyclic) bond motifs is 1. The van der Waals surface area contributed by atoms with Crippen molar-refractivity contribution >= 4 is 38.2 Å². The lowest BCUT2D eigenvalue weighted by atomic mass is 10.1. The zero-order chi connectivity index (χ0) is 23.3. The molecule has 1 aromatic heterocycles. The van der Waals surface area contributed by atoms with Crippen LogP contribution in [-0.2, 0) is 21.2 Å². The number of carbonyl (C=O) groups excluding carboxylic acids is 2. The molecule has 3 amide bonds. The number of amides is 3. The highest BCUT2D eigenvalue weighted by atomic mass is 32.2. The maximum atomic E-state index is 13.0. The molecule has 0 N–H and O–H groups in total. The fourth-order valence-corrected chi connectivity index (χ4v) is 4.31. The van der Waals surface area contributed by atoms with Crippen molar-refractivity contribution in [3.05, 3.63) is 66.5 Å². The number of halogens is 3. The van der Waals surface area contributed by atoms with Crippen LogP contribution in [0.25, 0.3) is 10.8 Å². The van der Waals surface area contributed by atoms with E-state index in [4.69, 9.17) is 0 Å². The second kappa shape index (κ2) is 7.59. The van der Waals surface area contributed by atoms with Crippen LogP contribution in [0.1, 0.15) is 12.5 Å². The third kappa shape index (κ3) is 3.48. The molecule has 0 bridgehead atoms. The number of carbonyl (C=O) groups is 2. The van der Waals surface area contributed by atoms with Crippen LogP contribution in [0.4, 0.5) is 23.7 Å². The Bertz CT molecular complexity index is 1320. The first kappa shape index (κ1) is 21.8. The van der Waals surface area contributed by atoms with Crippen LogP contribution in [0.5, 0.6) is 0 Å². The van der Waals surface area contributed by atoms with Gasteiger partial charge in [0.1, 0.15) is 6.04 Å². The van der Waals surface area contributed by atoms with Crippen molar-refractivity contribution in [1.82, 2.24) is 9.88 Å². The molecular weight excluding hydrogens is 447 g/mol. The normalized spacial score (nSPS) is 17.4.